The van der Waals surface area contributed by atoms with Gasteiger partial charge in [-0.25, -0.2) is 0 Å². The van der Waals surface area contributed by atoms with E-state index in [-0.39, 0.29) is 17.8 Å². The van der Waals surface area contributed by atoms with E-state index in [9.17, 15) is 14.4 Å². The number of rotatable bonds is 21. The number of hydrogen-bond donors (Lipinski definition) is 0. The van der Waals surface area contributed by atoms with Crippen molar-refractivity contribution in [3.63, 3.8) is 0 Å². The van der Waals surface area contributed by atoms with Crippen molar-refractivity contribution >= 4 is 18.5 Å². The number of methoxy groups -OCH3 is 2. The molecule has 0 bridgehead atoms. The van der Waals surface area contributed by atoms with Crippen molar-refractivity contribution < 1.29 is 28.6 Å². The molecular formula is C49H73NO6. The second-order valence-electron chi connectivity index (χ2n) is 15.1. The average Bonchev–Trinajstić information content (AvgIpc) is 3.72. The second-order valence-corrected chi connectivity index (χ2v) is 15.1. The third-order valence-electron chi connectivity index (χ3n) is 9.83. The molecule has 0 radical (unpaired) electrons. The number of pyridine rings is 1. The van der Waals surface area contributed by atoms with E-state index in [4.69, 9.17) is 27.1 Å². The molecule has 7 heteroatoms. The van der Waals surface area contributed by atoms with E-state index in [1.54, 1.807) is 20.4 Å². The summed E-state index contributed by atoms with van der Waals surface area (Å²) in [5, 5.41) is 0. The predicted molar refractivity (Wildman–Crippen MR) is 231 cm³/mol. The Kier molecular flexibility index (Phi) is 31.8. The van der Waals surface area contributed by atoms with Crippen molar-refractivity contribution in [1.82, 2.24) is 4.98 Å². The van der Waals surface area contributed by atoms with Gasteiger partial charge in [0.15, 0.2) is 5.75 Å². The van der Waals surface area contributed by atoms with Gasteiger partial charge in [-0.15, -0.1) is 24.7 Å². The highest BCUT2D eigenvalue weighted by Gasteiger charge is 2.17. The van der Waals surface area contributed by atoms with Gasteiger partial charge in [0.05, 0.1) is 18.9 Å². The van der Waals surface area contributed by atoms with Crippen LogP contribution in [-0.2, 0) is 43.5 Å². The van der Waals surface area contributed by atoms with Gasteiger partial charge in [0.1, 0.15) is 12.6 Å². The van der Waals surface area contributed by atoms with E-state index < -0.39 is 0 Å². The number of carbonyl (C=O) groups excluding carboxylic acids is 3. The maximum absolute atomic E-state index is 12.0. The molecule has 310 valence electrons. The molecule has 1 aromatic carbocycles. The molecule has 0 N–H and O–H groups in total. The van der Waals surface area contributed by atoms with Crippen molar-refractivity contribution in [2.45, 2.75) is 145 Å². The fourth-order valence-electron chi connectivity index (χ4n) is 6.24. The fourth-order valence-corrected chi connectivity index (χ4v) is 6.24. The maximum atomic E-state index is 12.0. The minimum Gasteiger partial charge on any atom is -0.424 e. The zero-order valence-corrected chi connectivity index (χ0v) is 36.0. The first-order valence-electron chi connectivity index (χ1n) is 20.6. The molecule has 2 aromatic rings. The largest absolute Gasteiger partial charge is 0.424 e. The van der Waals surface area contributed by atoms with Crippen molar-refractivity contribution in [3.8, 4) is 30.4 Å². The van der Waals surface area contributed by atoms with Crippen LogP contribution in [-0.4, -0.2) is 37.7 Å². The molecule has 1 heterocycles. The first-order chi connectivity index (χ1) is 27.0. The topological polar surface area (TPSA) is 91.8 Å². The van der Waals surface area contributed by atoms with Gasteiger partial charge in [-0.3, -0.25) is 9.78 Å². The number of allylic oxidation sites excluding steroid dienone is 2. The fraction of sp³-hybridized carbons (Fsp3) is 0.592. The Hall–Kier alpha value is -4.04. The van der Waals surface area contributed by atoms with Crippen LogP contribution in [0.1, 0.15) is 140 Å². The van der Waals surface area contributed by atoms with E-state index in [1.807, 2.05) is 53.7 Å². The molecule has 1 aliphatic rings. The number of ether oxygens (including phenoxy) is 3. The van der Waals surface area contributed by atoms with Crippen LogP contribution in [0.4, 0.5) is 0 Å². The van der Waals surface area contributed by atoms with Gasteiger partial charge in [0.2, 0.25) is 0 Å². The lowest BCUT2D eigenvalue weighted by molar-refractivity contribution is -0.134. The molecule has 1 saturated carbocycles. The van der Waals surface area contributed by atoms with Gasteiger partial charge in [0, 0.05) is 62.6 Å². The van der Waals surface area contributed by atoms with Gasteiger partial charge >= 0.3 is 5.97 Å². The molecular weight excluding hydrogens is 699 g/mol. The molecule has 3 rings (SSSR count). The summed E-state index contributed by atoms with van der Waals surface area (Å²) in [6.07, 6.45) is 33.8. The van der Waals surface area contributed by atoms with Gasteiger partial charge in [0.25, 0.3) is 0 Å². The highest BCUT2D eigenvalue weighted by atomic mass is 16.5. The van der Waals surface area contributed by atoms with Crippen molar-refractivity contribution in [3.05, 3.63) is 71.1 Å². The van der Waals surface area contributed by atoms with Crippen LogP contribution in [0.25, 0.3) is 0 Å². The summed E-state index contributed by atoms with van der Waals surface area (Å²) >= 11 is 0. The summed E-state index contributed by atoms with van der Waals surface area (Å²) in [5.74, 6) is 7.56. The standard InChI is InChI=1S/C17H25NO4.C16H24.2C8H12O/c1-5-6-7-8-9-16(19)22-17-13(2)18-10-14(11-20-3)15(17)12-21-4;1-3-9-15(10-4-1)11-5-2-6-12-16-13-7-8-14-16;2*1-4-8(5-6-9)7(2)3/h5-6,10H,7-9,11-12H2,1-4H3;1,3-4,9-10,16H,2,5-8,11-14H2;2*1,6-8H,5H2,2-3H3/b6-5-;;;. The Morgan fingerprint density at radius 1 is 0.875 bits per heavy atom. The van der Waals surface area contributed by atoms with Crippen LogP contribution in [0.2, 0.25) is 0 Å². The van der Waals surface area contributed by atoms with E-state index in [0.29, 0.717) is 55.8 Å². The number of unbranched alkanes of at least 4 members (excludes halogenated alkanes) is 3. The maximum Gasteiger partial charge on any atom is 0.311 e. The summed E-state index contributed by atoms with van der Waals surface area (Å²) in [7, 11) is 3.22. The number of nitrogens with zero attached hydrogens (tertiary/aromatic N) is 1. The molecule has 56 heavy (non-hydrogen) atoms. The number of benzene rings is 1. The molecule has 0 aliphatic heterocycles. The molecule has 1 fully saturated rings. The number of aldehydes is 2. The van der Waals surface area contributed by atoms with Gasteiger partial charge in [-0.2, -0.15) is 0 Å². The molecule has 7 nitrogen and oxygen atoms in total. The number of carbonyl (C=O) groups is 3. The van der Waals surface area contributed by atoms with Crippen LogP contribution in [0.5, 0.6) is 5.75 Å². The van der Waals surface area contributed by atoms with Crippen LogP contribution in [0, 0.1) is 61.2 Å². The highest BCUT2D eigenvalue weighted by Crippen LogP contribution is 2.29. The Bertz CT molecular complexity index is 1400. The Labute approximate surface area is 341 Å². The SMILES string of the molecule is C#CC(CC=O)C(C)C.C#CC(CC=O)C(C)C.C/C=C\CCCC(=O)Oc1c(C)ncc(COC)c1COC.c1ccc(CCCCCC2CCCC2)cc1. The summed E-state index contributed by atoms with van der Waals surface area (Å²) in [5.41, 5.74) is 3.86. The van der Waals surface area contributed by atoms with E-state index >= 15 is 0 Å². The third-order valence-corrected chi connectivity index (χ3v) is 9.83. The smallest absolute Gasteiger partial charge is 0.311 e. The minimum atomic E-state index is -0.249. The summed E-state index contributed by atoms with van der Waals surface area (Å²) in [6.45, 7) is 12.6. The van der Waals surface area contributed by atoms with Crippen LogP contribution >= 0.6 is 0 Å². The van der Waals surface area contributed by atoms with Crippen LogP contribution in [0.15, 0.2) is 48.7 Å². The van der Waals surface area contributed by atoms with E-state index in [1.165, 1.54) is 63.4 Å². The number of aromatic nitrogens is 1. The van der Waals surface area contributed by atoms with E-state index in [2.05, 4.69) is 47.2 Å². The molecule has 1 aromatic heterocycles. The highest BCUT2D eigenvalue weighted by molar-refractivity contribution is 5.73. The normalized spacial score (nSPS) is 13.2. The zero-order valence-electron chi connectivity index (χ0n) is 36.0. The summed E-state index contributed by atoms with van der Waals surface area (Å²) < 4.78 is 15.9. The summed E-state index contributed by atoms with van der Waals surface area (Å²) in [6, 6.07) is 10.9. The Balaban J connectivity index is 0.000000777. The first kappa shape index (κ1) is 52.0. The van der Waals surface area contributed by atoms with Crippen molar-refractivity contribution in [1.29, 1.82) is 0 Å². The Morgan fingerprint density at radius 3 is 1.95 bits per heavy atom. The lowest BCUT2D eigenvalue weighted by atomic mass is 9.94. The molecule has 0 saturated heterocycles. The van der Waals surface area contributed by atoms with Gasteiger partial charge in [-0.05, 0) is 62.8 Å². The minimum absolute atomic E-state index is 0.127. The predicted octanol–water partition coefficient (Wildman–Crippen LogP) is 11.3. The molecule has 0 spiro atoms. The average molecular weight is 772 g/mol. The lowest BCUT2D eigenvalue weighted by Gasteiger charge is -2.15. The monoisotopic (exact) mass is 772 g/mol. The second kappa shape index (κ2) is 34.2. The van der Waals surface area contributed by atoms with Gasteiger partial charge in [-0.1, -0.05) is 115 Å². The first-order valence-corrected chi connectivity index (χ1v) is 20.6. The number of aryl methyl sites for hydroxylation is 2. The van der Waals surface area contributed by atoms with Crippen LogP contribution in [0.3, 0.4) is 0 Å². The van der Waals surface area contributed by atoms with Crippen molar-refractivity contribution in [2.24, 2.45) is 29.6 Å². The van der Waals surface area contributed by atoms with Gasteiger partial charge < -0.3 is 23.8 Å². The molecule has 1 aliphatic carbocycles. The lowest BCUT2D eigenvalue weighted by Crippen LogP contribution is -2.13. The van der Waals surface area contributed by atoms with Crippen molar-refractivity contribution in [2.75, 3.05) is 14.2 Å². The summed E-state index contributed by atoms with van der Waals surface area (Å²) in [4.78, 5) is 36.3. The number of hydrogen-bond acceptors (Lipinski definition) is 7. The molecule has 0 amide bonds. The van der Waals surface area contributed by atoms with E-state index in [0.717, 1.165) is 42.5 Å². The Morgan fingerprint density at radius 2 is 1.46 bits per heavy atom. The molecule has 2 atom stereocenters. The number of esters is 1. The third kappa shape index (κ3) is 24.5. The zero-order chi connectivity index (χ0) is 42.0. The van der Waals surface area contributed by atoms with Crippen LogP contribution < -0.4 is 4.74 Å². The molecule has 2 unspecified atom stereocenters. The quantitative estimate of drug-likeness (QED) is 0.0410. The number of terminal acetylenes is 2.